The number of benzene rings is 1. The quantitative estimate of drug-likeness (QED) is 0.413. The molecule has 1 aromatic rings. The molecule has 31 heavy (non-hydrogen) atoms. The van der Waals surface area contributed by atoms with Crippen molar-refractivity contribution in [3.8, 4) is 0 Å². The van der Waals surface area contributed by atoms with E-state index in [0.29, 0.717) is 16.3 Å². The summed E-state index contributed by atoms with van der Waals surface area (Å²) in [6, 6.07) is 4.06. The molecule has 1 aliphatic heterocycles. The Morgan fingerprint density at radius 3 is 2.35 bits per heavy atom. The Balaban J connectivity index is 1.43. The Hall–Kier alpha value is -2.67. The molecule has 1 aromatic carbocycles. The zero-order valence-corrected chi connectivity index (χ0v) is 18.4. The number of nitrogens with zero attached hydrogens (tertiary/aromatic N) is 1. The number of anilines is 1. The topological polar surface area (TPSA) is 92.8 Å². The molecule has 0 unspecified atom stereocenters. The van der Waals surface area contributed by atoms with E-state index in [9.17, 15) is 19.2 Å². The smallest absolute Gasteiger partial charge is 0.330 e. The van der Waals surface area contributed by atoms with Crippen LogP contribution in [0.15, 0.2) is 30.4 Å². The van der Waals surface area contributed by atoms with E-state index in [2.05, 4.69) is 5.32 Å². The van der Waals surface area contributed by atoms with Gasteiger partial charge in [-0.25, -0.2) is 4.79 Å². The number of hydrogen-bond donors (Lipinski definition) is 1. The largest absolute Gasteiger partial charge is 0.454 e. The summed E-state index contributed by atoms with van der Waals surface area (Å²) < 4.78 is 5.22. The van der Waals surface area contributed by atoms with Gasteiger partial charge in [0.2, 0.25) is 11.8 Å². The van der Waals surface area contributed by atoms with Crippen LogP contribution in [-0.4, -0.2) is 41.2 Å². The molecule has 3 amide bonds. The fourth-order valence-corrected chi connectivity index (χ4v) is 5.20. The second-order valence-corrected chi connectivity index (χ2v) is 9.21. The molecule has 4 rings (SSSR count). The second kappa shape index (κ2) is 8.11. The molecule has 2 bridgehead atoms. The molecule has 164 valence electrons. The lowest BCUT2D eigenvalue weighted by Crippen LogP contribution is -2.50. The van der Waals surface area contributed by atoms with E-state index in [-0.39, 0.29) is 41.4 Å². The summed E-state index contributed by atoms with van der Waals surface area (Å²) in [5.74, 6) is -2.88. The average molecular weight is 445 g/mol. The number of carbonyl (C=O) groups is 4. The first-order valence-electron chi connectivity index (χ1n) is 10.5. The highest BCUT2D eigenvalue weighted by atomic mass is 35.5. The number of nitrogens with one attached hydrogen (secondary N) is 1. The maximum atomic E-state index is 13.1. The highest BCUT2D eigenvalue weighted by molar-refractivity contribution is 6.31. The Labute approximate surface area is 185 Å². The third-order valence-electron chi connectivity index (χ3n) is 6.54. The van der Waals surface area contributed by atoms with Crippen molar-refractivity contribution in [2.45, 2.75) is 33.2 Å². The summed E-state index contributed by atoms with van der Waals surface area (Å²) in [5, 5.41) is 3.17. The van der Waals surface area contributed by atoms with Crippen LogP contribution < -0.4 is 5.32 Å². The van der Waals surface area contributed by atoms with Crippen LogP contribution in [0.2, 0.25) is 5.02 Å². The number of rotatable bonds is 6. The minimum atomic E-state index is -1.05. The van der Waals surface area contributed by atoms with E-state index in [4.69, 9.17) is 16.3 Å². The van der Waals surface area contributed by atoms with Gasteiger partial charge in [-0.3, -0.25) is 19.3 Å². The third-order valence-corrected chi connectivity index (χ3v) is 6.95. The van der Waals surface area contributed by atoms with E-state index >= 15 is 0 Å². The summed E-state index contributed by atoms with van der Waals surface area (Å²) in [7, 11) is 0. The van der Waals surface area contributed by atoms with Gasteiger partial charge in [0.05, 0.1) is 11.8 Å². The van der Waals surface area contributed by atoms with Gasteiger partial charge in [0, 0.05) is 10.7 Å². The molecule has 1 saturated carbocycles. The SMILES string of the molecule is Cc1c(Cl)cccc1NC(=O)COC(=O)[C@H](C(C)C)N1C(=O)[C@@H]2[C@@H](C1=O)[C@H]1C=C[C@H]2C1. The molecule has 8 heteroatoms. The lowest BCUT2D eigenvalue weighted by Gasteiger charge is -2.28. The van der Waals surface area contributed by atoms with Crippen molar-refractivity contribution < 1.29 is 23.9 Å². The number of esters is 1. The van der Waals surface area contributed by atoms with Crippen molar-refractivity contribution in [3.05, 3.63) is 40.9 Å². The molecule has 1 heterocycles. The molecule has 2 aliphatic carbocycles. The van der Waals surface area contributed by atoms with Crippen LogP contribution in [0.3, 0.4) is 0 Å². The van der Waals surface area contributed by atoms with Gasteiger partial charge in [-0.2, -0.15) is 0 Å². The standard InChI is InChI=1S/C23H25ClN2O5/c1-11(2)20(26-21(28)18-13-7-8-14(9-13)19(18)22(26)29)23(30)31-10-17(27)25-16-6-4-5-15(24)12(16)3/h4-8,11,13-14,18-20H,9-10H2,1-3H3,(H,25,27)/t13-,14-,18-,19-,20-/m0/s1. The number of carbonyl (C=O) groups excluding carboxylic acids is 4. The van der Waals surface area contributed by atoms with Crippen molar-refractivity contribution in [2.24, 2.45) is 29.6 Å². The maximum absolute atomic E-state index is 13.1. The number of amides is 3. The predicted octanol–water partition coefficient (Wildman–Crippen LogP) is 2.96. The van der Waals surface area contributed by atoms with Gasteiger partial charge in [-0.05, 0) is 48.8 Å². The van der Waals surface area contributed by atoms with E-state index in [1.165, 1.54) is 0 Å². The van der Waals surface area contributed by atoms with Crippen LogP contribution in [0.4, 0.5) is 5.69 Å². The fraction of sp³-hybridized carbons (Fsp3) is 0.478. The van der Waals surface area contributed by atoms with E-state index in [1.54, 1.807) is 39.0 Å². The van der Waals surface area contributed by atoms with Gasteiger partial charge in [0.1, 0.15) is 6.04 Å². The molecular weight excluding hydrogens is 420 g/mol. The Bertz CT molecular complexity index is 958. The lowest BCUT2D eigenvalue weighted by atomic mass is 9.85. The highest BCUT2D eigenvalue weighted by Gasteiger charge is 2.61. The summed E-state index contributed by atoms with van der Waals surface area (Å²) in [4.78, 5) is 52.4. The molecule has 2 fully saturated rings. The van der Waals surface area contributed by atoms with Crippen molar-refractivity contribution in [3.63, 3.8) is 0 Å². The van der Waals surface area contributed by atoms with Gasteiger partial charge >= 0.3 is 5.97 Å². The van der Waals surface area contributed by atoms with Crippen LogP contribution >= 0.6 is 11.6 Å². The van der Waals surface area contributed by atoms with Crippen LogP contribution in [0.5, 0.6) is 0 Å². The minimum absolute atomic E-state index is 0.0620. The number of allylic oxidation sites excluding steroid dienone is 2. The Kier molecular flexibility index (Phi) is 5.64. The van der Waals surface area contributed by atoms with Crippen molar-refractivity contribution in [2.75, 3.05) is 11.9 Å². The predicted molar refractivity (Wildman–Crippen MR) is 114 cm³/mol. The minimum Gasteiger partial charge on any atom is -0.454 e. The van der Waals surface area contributed by atoms with Gasteiger partial charge in [-0.15, -0.1) is 0 Å². The Morgan fingerprint density at radius 2 is 1.77 bits per heavy atom. The molecule has 1 N–H and O–H groups in total. The molecule has 3 aliphatic rings. The second-order valence-electron chi connectivity index (χ2n) is 8.80. The number of likely N-dealkylation sites (tertiary alicyclic amines) is 1. The number of halogens is 1. The van der Waals surface area contributed by atoms with Gasteiger partial charge < -0.3 is 10.1 Å². The number of ether oxygens (including phenoxy) is 1. The molecular formula is C23H25ClN2O5. The van der Waals surface area contributed by atoms with Crippen molar-refractivity contribution >= 4 is 41.0 Å². The first kappa shape index (κ1) is 21.6. The zero-order valence-electron chi connectivity index (χ0n) is 17.6. The molecule has 7 nitrogen and oxygen atoms in total. The maximum Gasteiger partial charge on any atom is 0.330 e. The number of fused-ring (bicyclic) bond motifs is 5. The summed E-state index contributed by atoms with van der Waals surface area (Å²) in [5.41, 5.74) is 1.22. The number of imide groups is 1. The molecule has 0 spiro atoms. The Morgan fingerprint density at radius 1 is 1.16 bits per heavy atom. The first-order valence-corrected chi connectivity index (χ1v) is 10.8. The molecule has 0 radical (unpaired) electrons. The highest BCUT2D eigenvalue weighted by Crippen LogP contribution is 2.53. The van der Waals surface area contributed by atoms with E-state index < -0.39 is 24.5 Å². The van der Waals surface area contributed by atoms with Gasteiger partial charge in [0.15, 0.2) is 6.61 Å². The van der Waals surface area contributed by atoms with E-state index in [1.807, 2.05) is 12.2 Å². The van der Waals surface area contributed by atoms with Crippen LogP contribution in [0, 0.1) is 36.5 Å². The van der Waals surface area contributed by atoms with Crippen LogP contribution in [0.1, 0.15) is 25.8 Å². The molecule has 1 saturated heterocycles. The van der Waals surface area contributed by atoms with Crippen LogP contribution in [0.25, 0.3) is 0 Å². The third kappa shape index (κ3) is 3.65. The average Bonchev–Trinajstić information content (AvgIpc) is 3.40. The van der Waals surface area contributed by atoms with Gasteiger partial charge in [0.25, 0.3) is 5.91 Å². The fourth-order valence-electron chi connectivity index (χ4n) is 5.03. The summed E-state index contributed by atoms with van der Waals surface area (Å²) in [6.07, 6.45) is 4.83. The van der Waals surface area contributed by atoms with Gasteiger partial charge in [-0.1, -0.05) is 43.7 Å². The number of hydrogen-bond acceptors (Lipinski definition) is 5. The molecule has 0 aromatic heterocycles. The summed E-state index contributed by atoms with van der Waals surface area (Å²) >= 11 is 6.06. The molecule has 5 atom stereocenters. The zero-order chi connectivity index (χ0) is 22.4. The van der Waals surface area contributed by atoms with Crippen LogP contribution in [-0.2, 0) is 23.9 Å². The van der Waals surface area contributed by atoms with E-state index in [0.717, 1.165) is 11.3 Å². The first-order chi connectivity index (χ1) is 14.7. The summed E-state index contributed by atoms with van der Waals surface area (Å²) in [6.45, 7) is 4.75. The van der Waals surface area contributed by atoms with Crippen molar-refractivity contribution in [1.82, 2.24) is 4.90 Å². The normalized spacial score (nSPS) is 27.1. The lowest BCUT2D eigenvalue weighted by molar-refractivity contribution is -0.162. The monoisotopic (exact) mass is 444 g/mol. The van der Waals surface area contributed by atoms with Crippen molar-refractivity contribution in [1.29, 1.82) is 0 Å².